The van der Waals surface area contributed by atoms with Crippen molar-refractivity contribution in [3.8, 4) is 0 Å². The van der Waals surface area contributed by atoms with Crippen LogP contribution in [0.25, 0.3) is 0 Å². The van der Waals surface area contributed by atoms with Gasteiger partial charge in [-0.3, -0.25) is 19.2 Å². The Morgan fingerprint density at radius 3 is 2.20 bits per heavy atom. The van der Waals surface area contributed by atoms with Crippen molar-refractivity contribution in [1.82, 2.24) is 10.2 Å². The Balaban J connectivity index is 1.34. The van der Waals surface area contributed by atoms with Crippen molar-refractivity contribution >= 4 is 35.1 Å². The van der Waals surface area contributed by atoms with E-state index in [4.69, 9.17) is 0 Å². The van der Waals surface area contributed by atoms with Gasteiger partial charge in [-0.05, 0) is 55.7 Å². The van der Waals surface area contributed by atoms with Crippen LogP contribution in [0.3, 0.4) is 0 Å². The van der Waals surface area contributed by atoms with Crippen LogP contribution in [0.4, 0.5) is 11.4 Å². The first kappa shape index (κ1) is 27.9. The first-order valence-corrected chi connectivity index (χ1v) is 13.9. The van der Waals surface area contributed by atoms with Crippen molar-refractivity contribution < 1.29 is 24.3 Å². The summed E-state index contributed by atoms with van der Waals surface area (Å²) >= 11 is 0. The van der Waals surface area contributed by atoms with Crippen molar-refractivity contribution in [2.75, 3.05) is 36.4 Å². The summed E-state index contributed by atoms with van der Waals surface area (Å²) in [7, 11) is 0. The van der Waals surface area contributed by atoms with E-state index in [1.54, 1.807) is 12.1 Å². The first-order valence-electron chi connectivity index (χ1n) is 13.9. The summed E-state index contributed by atoms with van der Waals surface area (Å²) in [4.78, 5) is 54.5. The molecular formula is C32H34N4O5. The Morgan fingerprint density at radius 1 is 0.878 bits per heavy atom. The molecular weight excluding hydrogens is 520 g/mol. The normalized spacial score (nSPS) is 15.6. The topological polar surface area (TPSA) is 119 Å². The molecule has 0 spiro atoms. The SMILES string of the molecule is Cc1ccc(C(CC(=O)O)NC(=O)c2ccc(N3CCN(C(=O)c4ccccc4)CC3)c(NC(=O)C3CC3)c2)cc1. The van der Waals surface area contributed by atoms with E-state index in [1.807, 2.05) is 72.5 Å². The quantitative estimate of drug-likeness (QED) is 0.364. The molecule has 2 fully saturated rings. The van der Waals surface area contributed by atoms with Crippen molar-refractivity contribution in [3.05, 3.63) is 95.1 Å². The standard InChI is InChI=1S/C32H34N4O5/c1-21-7-9-22(10-8-21)26(20-29(37)38)33-31(40)25-13-14-28(27(19-25)34-30(39)23-11-12-23)35-15-17-36(18-16-35)32(41)24-5-3-2-4-6-24/h2-10,13-14,19,23,26H,11-12,15-18,20H2,1H3,(H,33,40)(H,34,39)(H,37,38). The van der Waals surface area contributed by atoms with E-state index in [-0.39, 0.29) is 24.2 Å². The highest BCUT2D eigenvalue weighted by Gasteiger charge is 2.31. The van der Waals surface area contributed by atoms with Crippen LogP contribution in [0.1, 0.15) is 57.1 Å². The number of carboxylic acid groups (broad SMARTS) is 1. The van der Waals surface area contributed by atoms with E-state index in [2.05, 4.69) is 15.5 Å². The monoisotopic (exact) mass is 554 g/mol. The van der Waals surface area contributed by atoms with Gasteiger partial charge in [0.1, 0.15) is 0 Å². The fourth-order valence-electron chi connectivity index (χ4n) is 5.01. The maximum absolute atomic E-state index is 13.3. The third-order valence-electron chi connectivity index (χ3n) is 7.56. The van der Waals surface area contributed by atoms with Crippen LogP contribution in [-0.2, 0) is 9.59 Å². The van der Waals surface area contributed by atoms with Gasteiger partial charge < -0.3 is 25.5 Å². The molecule has 1 aliphatic heterocycles. The van der Waals surface area contributed by atoms with Gasteiger partial charge in [0.25, 0.3) is 11.8 Å². The van der Waals surface area contributed by atoms with Crippen LogP contribution in [-0.4, -0.2) is 59.9 Å². The van der Waals surface area contributed by atoms with E-state index in [1.165, 1.54) is 0 Å². The number of nitrogens with one attached hydrogen (secondary N) is 2. The van der Waals surface area contributed by atoms with Crippen LogP contribution < -0.4 is 15.5 Å². The maximum atomic E-state index is 13.3. The summed E-state index contributed by atoms with van der Waals surface area (Å²) in [6, 6.07) is 21.0. The fraction of sp³-hybridized carbons (Fsp3) is 0.312. The lowest BCUT2D eigenvalue weighted by atomic mass is 10.0. The van der Waals surface area contributed by atoms with Crippen molar-refractivity contribution in [1.29, 1.82) is 0 Å². The number of nitrogens with zero attached hydrogens (tertiary/aromatic N) is 2. The molecule has 1 unspecified atom stereocenters. The van der Waals surface area contributed by atoms with Crippen LogP contribution in [0, 0.1) is 12.8 Å². The van der Waals surface area contributed by atoms with Crippen LogP contribution >= 0.6 is 0 Å². The highest BCUT2D eigenvalue weighted by Crippen LogP contribution is 2.34. The average molecular weight is 555 g/mol. The average Bonchev–Trinajstić information content (AvgIpc) is 3.83. The summed E-state index contributed by atoms with van der Waals surface area (Å²) in [5.41, 5.74) is 4.02. The first-order chi connectivity index (χ1) is 19.8. The molecule has 3 N–H and O–H groups in total. The zero-order chi connectivity index (χ0) is 28.9. The Bertz CT molecular complexity index is 1430. The number of anilines is 2. The Morgan fingerprint density at radius 2 is 1.56 bits per heavy atom. The molecule has 41 heavy (non-hydrogen) atoms. The molecule has 1 saturated carbocycles. The molecule has 212 valence electrons. The van der Waals surface area contributed by atoms with Crippen LogP contribution in [0.5, 0.6) is 0 Å². The summed E-state index contributed by atoms with van der Waals surface area (Å²) in [5, 5.41) is 15.3. The molecule has 1 saturated heterocycles. The van der Waals surface area contributed by atoms with Crippen LogP contribution in [0.15, 0.2) is 72.8 Å². The van der Waals surface area contributed by atoms with E-state index >= 15 is 0 Å². The Kier molecular flexibility index (Phi) is 8.33. The molecule has 0 bridgehead atoms. The van der Waals surface area contributed by atoms with Gasteiger partial charge in [0.15, 0.2) is 0 Å². The smallest absolute Gasteiger partial charge is 0.305 e. The summed E-state index contributed by atoms with van der Waals surface area (Å²) in [6.45, 7) is 4.14. The number of piperazine rings is 1. The number of amides is 3. The van der Waals surface area contributed by atoms with Crippen molar-refractivity contribution in [2.24, 2.45) is 5.92 Å². The van der Waals surface area contributed by atoms with Gasteiger partial charge in [-0.2, -0.15) is 0 Å². The zero-order valence-electron chi connectivity index (χ0n) is 23.0. The molecule has 0 aromatic heterocycles. The number of carbonyl (C=O) groups excluding carboxylic acids is 3. The number of benzene rings is 3. The number of hydrogen-bond donors (Lipinski definition) is 3. The molecule has 3 aromatic carbocycles. The van der Waals surface area contributed by atoms with E-state index in [9.17, 15) is 24.3 Å². The molecule has 3 amide bonds. The number of aryl methyl sites for hydroxylation is 1. The molecule has 9 heteroatoms. The van der Waals surface area contributed by atoms with Gasteiger partial charge in [-0.15, -0.1) is 0 Å². The second-order valence-corrected chi connectivity index (χ2v) is 10.7. The van der Waals surface area contributed by atoms with Gasteiger partial charge in [0.2, 0.25) is 5.91 Å². The Labute approximate surface area is 239 Å². The second kappa shape index (κ2) is 12.2. The number of rotatable bonds is 9. The largest absolute Gasteiger partial charge is 0.481 e. The van der Waals surface area contributed by atoms with Crippen molar-refractivity contribution in [3.63, 3.8) is 0 Å². The molecule has 1 aliphatic carbocycles. The van der Waals surface area contributed by atoms with Crippen molar-refractivity contribution in [2.45, 2.75) is 32.2 Å². The van der Waals surface area contributed by atoms with Gasteiger partial charge in [0.05, 0.1) is 23.8 Å². The third kappa shape index (κ3) is 6.92. The predicted octanol–water partition coefficient (Wildman–Crippen LogP) is 4.25. The van der Waals surface area contributed by atoms with Crippen LogP contribution in [0.2, 0.25) is 0 Å². The number of carboxylic acids is 1. The lowest BCUT2D eigenvalue weighted by Crippen LogP contribution is -2.49. The lowest BCUT2D eigenvalue weighted by molar-refractivity contribution is -0.137. The summed E-state index contributed by atoms with van der Waals surface area (Å²) < 4.78 is 0. The number of aliphatic carboxylic acids is 1. The van der Waals surface area contributed by atoms with E-state index in [0.717, 1.165) is 24.1 Å². The minimum absolute atomic E-state index is 0.0102. The molecule has 0 radical (unpaired) electrons. The van der Waals surface area contributed by atoms with E-state index in [0.29, 0.717) is 48.6 Å². The van der Waals surface area contributed by atoms with Gasteiger partial charge >= 0.3 is 5.97 Å². The Hall–Kier alpha value is -4.66. The molecule has 2 aliphatic rings. The zero-order valence-corrected chi connectivity index (χ0v) is 23.0. The maximum Gasteiger partial charge on any atom is 0.305 e. The van der Waals surface area contributed by atoms with Gasteiger partial charge in [0, 0.05) is 43.2 Å². The summed E-state index contributed by atoms with van der Waals surface area (Å²) in [6.07, 6.45) is 1.42. The molecule has 1 heterocycles. The predicted molar refractivity (Wildman–Crippen MR) is 156 cm³/mol. The second-order valence-electron chi connectivity index (χ2n) is 10.7. The molecule has 5 rings (SSSR count). The highest BCUT2D eigenvalue weighted by atomic mass is 16.4. The van der Waals surface area contributed by atoms with E-state index < -0.39 is 17.9 Å². The number of carbonyl (C=O) groups is 4. The molecule has 1 atom stereocenters. The number of hydrogen-bond acceptors (Lipinski definition) is 5. The molecule has 3 aromatic rings. The molecule has 9 nitrogen and oxygen atoms in total. The minimum atomic E-state index is -1.02. The van der Waals surface area contributed by atoms with Gasteiger partial charge in [-0.25, -0.2) is 0 Å². The van der Waals surface area contributed by atoms with Gasteiger partial charge in [-0.1, -0.05) is 48.0 Å². The minimum Gasteiger partial charge on any atom is -0.481 e. The lowest BCUT2D eigenvalue weighted by Gasteiger charge is -2.37. The fourth-order valence-corrected chi connectivity index (χ4v) is 5.01. The highest BCUT2D eigenvalue weighted by molar-refractivity contribution is 6.01. The summed E-state index contributed by atoms with van der Waals surface area (Å²) in [5.74, 6) is -1.56. The third-order valence-corrected chi connectivity index (χ3v) is 7.56.